The molecule has 0 spiro atoms. The van der Waals surface area contributed by atoms with Gasteiger partial charge in [-0.3, -0.25) is 4.79 Å². The summed E-state index contributed by atoms with van der Waals surface area (Å²) in [5.41, 5.74) is 0.728. The van der Waals surface area contributed by atoms with Crippen LogP contribution in [0.3, 0.4) is 0 Å². The molecule has 0 amide bonds. The van der Waals surface area contributed by atoms with E-state index in [-0.39, 0.29) is 11.4 Å². The quantitative estimate of drug-likeness (QED) is 0.776. The highest BCUT2D eigenvalue weighted by Crippen LogP contribution is 2.35. The van der Waals surface area contributed by atoms with Crippen LogP contribution in [0, 0.1) is 5.41 Å². The fourth-order valence-electron chi connectivity index (χ4n) is 2.07. The molecular formula is C13H16ClNO2. The molecule has 0 aliphatic carbocycles. The molecule has 1 heterocycles. The van der Waals surface area contributed by atoms with E-state index in [9.17, 15) is 4.79 Å². The van der Waals surface area contributed by atoms with Gasteiger partial charge in [-0.05, 0) is 38.1 Å². The van der Waals surface area contributed by atoms with Crippen molar-refractivity contribution in [2.24, 2.45) is 5.41 Å². The molecule has 0 N–H and O–H groups in total. The van der Waals surface area contributed by atoms with Crippen molar-refractivity contribution in [2.45, 2.75) is 13.8 Å². The Hall–Kier alpha value is -1.22. The number of carbonyl (C=O) groups excluding carboxylic acids is 1. The highest BCUT2D eigenvalue weighted by molar-refractivity contribution is 6.30. The van der Waals surface area contributed by atoms with Crippen LogP contribution in [0.2, 0.25) is 5.02 Å². The van der Waals surface area contributed by atoms with Crippen molar-refractivity contribution >= 4 is 23.3 Å². The van der Waals surface area contributed by atoms with Gasteiger partial charge in [0.25, 0.3) is 0 Å². The van der Waals surface area contributed by atoms with Crippen LogP contribution in [-0.4, -0.2) is 25.7 Å². The Balaban J connectivity index is 1.98. The number of ether oxygens (including phenoxy) is 1. The molecule has 1 fully saturated rings. The van der Waals surface area contributed by atoms with E-state index in [1.807, 2.05) is 38.1 Å². The van der Waals surface area contributed by atoms with Gasteiger partial charge in [-0.25, -0.2) is 0 Å². The molecule has 1 aliphatic heterocycles. The molecular weight excluding hydrogens is 238 g/mol. The van der Waals surface area contributed by atoms with E-state index in [1.54, 1.807) is 0 Å². The van der Waals surface area contributed by atoms with Gasteiger partial charge in [0, 0.05) is 23.8 Å². The Labute approximate surface area is 106 Å². The smallest absolute Gasteiger partial charge is 0.315 e. The van der Waals surface area contributed by atoms with E-state index in [4.69, 9.17) is 16.3 Å². The number of nitrogens with zero attached hydrogens (tertiary/aromatic N) is 1. The van der Waals surface area contributed by atoms with Crippen molar-refractivity contribution < 1.29 is 9.53 Å². The summed E-state index contributed by atoms with van der Waals surface area (Å²) in [6, 6.07) is 7.65. The third-order valence-corrected chi connectivity index (χ3v) is 3.29. The fourth-order valence-corrected chi connectivity index (χ4v) is 2.19. The molecule has 1 saturated heterocycles. The minimum atomic E-state index is -0.365. The van der Waals surface area contributed by atoms with Crippen molar-refractivity contribution in [1.29, 1.82) is 0 Å². The standard InChI is InChI=1S/C13H16ClNO2/c1-3-17-12(16)13(2)8-15(9-13)11-6-4-10(14)5-7-11/h4-7H,3,8-9H2,1-2H3. The average molecular weight is 254 g/mol. The van der Waals surface area contributed by atoms with Crippen molar-refractivity contribution in [3.05, 3.63) is 29.3 Å². The molecule has 3 nitrogen and oxygen atoms in total. The summed E-state index contributed by atoms with van der Waals surface area (Å²) in [4.78, 5) is 13.9. The zero-order chi connectivity index (χ0) is 12.5. The van der Waals surface area contributed by atoms with Gasteiger partial charge >= 0.3 is 5.97 Å². The number of anilines is 1. The monoisotopic (exact) mass is 253 g/mol. The van der Waals surface area contributed by atoms with Crippen LogP contribution < -0.4 is 4.90 Å². The van der Waals surface area contributed by atoms with Crippen LogP contribution in [-0.2, 0) is 9.53 Å². The summed E-state index contributed by atoms with van der Waals surface area (Å²) in [6.45, 7) is 5.62. The number of rotatable bonds is 3. The molecule has 1 aromatic carbocycles. The average Bonchev–Trinajstić information content (AvgIpc) is 2.26. The second kappa shape index (κ2) is 4.57. The second-order valence-electron chi connectivity index (χ2n) is 4.61. The van der Waals surface area contributed by atoms with Crippen LogP contribution in [0.25, 0.3) is 0 Å². The Morgan fingerprint density at radius 2 is 2.00 bits per heavy atom. The first-order chi connectivity index (χ1) is 8.05. The highest BCUT2D eigenvalue weighted by atomic mass is 35.5. The third-order valence-electron chi connectivity index (χ3n) is 3.04. The van der Waals surface area contributed by atoms with Gasteiger partial charge in [0.05, 0.1) is 12.0 Å². The minimum absolute atomic E-state index is 0.106. The van der Waals surface area contributed by atoms with Gasteiger partial charge in [0.15, 0.2) is 0 Å². The number of carbonyl (C=O) groups is 1. The number of esters is 1. The Morgan fingerprint density at radius 1 is 1.41 bits per heavy atom. The van der Waals surface area contributed by atoms with Crippen LogP contribution in [0.15, 0.2) is 24.3 Å². The van der Waals surface area contributed by atoms with E-state index in [1.165, 1.54) is 0 Å². The fraction of sp³-hybridized carbons (Fsp3) is 0.462. The molecule has 4 heteroatoms. The number of hydrogen-bond donors (Lipinski definition) is 0. The third kappa shape index (κ3) is 2.39. The van der Waals surface area contributed by atoms with Crippen molar-refractivity contribution in [3.8, 4) is 0 Å². The molecule has 92 valence electrons. The predicted octanol–water partition coefficient (Wildman–Crippen LogP) is 2.73. The van der Waals surface area contributed by atoms with Crippen LogP contribution >= 0.6 is 11.6 Å². The summed E-state index contributed by atoms with van der Waals surface area (Å²) in [6.07, 6.45) is 0. The summed E-state index contributed by atoms with van der Waals surface area (Å²) in [7, 11) is 0. The SMILES string of the molecule is CCOC(=O)C1(C)CN(c2ccc(Cl)cc2)C1. The summed E-state index contributed by atoms with van der Waals surface area (Å²) in [5.74, 6) is -0.106. The van der Waals surface area contributed by atoms with Gasteiger partial charge in [-0.15, -0.1) is 0 Å². The first kappa shape index (κ1) is 12.2. The Kier molecular flexibility index (Phi) is 3.29. The highest BCUT2D eigenvalue weighted by Gasteiger charge is 2.46. The van der Waals surface area contributed by atoms with Crippen molar-refractivity contribution in [2.75, 3.05) is 24.6 Å². The van der Waals surface area contributed by atoms with E-state index < -0.39 is 0 Å². The van der Waals surface area contributed by atoms with E-state index in [0.29, 0.717) is 19.7 Å². The molecule has 0 saturated carbocycles. The first-order valence-electron chi connectivity index (χ1n) is 5.73. The molecule has 0 aromatic heterocycles. The topological polar surface area (TPSA) is 29.5 Å². The molecule has 1 aromatic rings. The maximum absolute atomic E-state index is 11.7. The summed E-state index contributed by atoms with van der Waals surface area (Å²) < 4.78 is 5.07. The lowest BCUT2D eigenvalue weighted by Crippen LogP contribution is -2.59. The van der Waals surface area contributed by atoms with Crippen molar-refractivity contribution in [1.82, 2.24) is 0 Å². The van der Waals surface area contributed by atoms with E-state index in [2.05, 4.69) is 4.90 Å². The molecule has 0 radical (unpaired) electrons. The van der Waals surface area contributed by atoms with Gasteiger partial charge in [0.1, 0.15) is 0 Å². The van der Waals surface area contributed by atoms with Crippen molar-refractivity contribution in [3.63, 3.8) is 0 Å². The van der Waals surface area contributed by atoms with Crippen LogP contribution in [0.1, 0.15) is 13.8 Å². The Morgan fingerprint density at radius 3 is 2.53 bits per heavy atom. The summed E-state index contributed by atoms with van der Waals surface area (Å²) >= 11 is 5.83. The number of hydrogen-bond acceptors (Lipinski definition) is 3. The van der Waals surface area contributed by atoms with Crippen LogP contribution in [0.4, 0.5) is 5.69 Å². The Bertz CT molecular complexity index is 410. The van der Waals surface area contributed by atoms with Gasteiger partial charge in [0.2, 0.25) is 0 Å². The molecule has 0 atom stereocenters. The molecule has 0 unspecified atom stereocenters. The molecule has 17 heavy (non-hydrogen) atoms. The van der Waals surface area contributed by atoms with Crippen LogP contribution in [0.5, 0.6) is 0 Å². The van der Waals surface area contributed by atoms with E-state index in [0.717, 1.165) is 10.7 Å². The molecule has 0 bridgehead atoms. The second-order valence-corrected chi connectivity index (χ2v) is 5.05. The number of halogens is 1. The van der Waals surface area contributed by atoms with Gasteiger partial charge < -0.3 is 9.64 Å². The molecule has 2 rings (SSSR count). The lowest BCUT2D eigenvalue weighted by atomic mass is 9.81. The van der Waals surface area contributed by atoms with Gasteiger partial charge in [-0.2, -0.15) is 0 Å². The largest absolute Gasteiger partial charge is 0.465 e. The number of benzene rings is 1. The van der Waals surface area contributed by atoms with Gasteiger partial charge in [-0.1, -0.05) is 11.6 Å². The summed E-state index contributed by atoms with van der Waals surface area (Å²) in [5, 5.41) is 0.724. The zero-order valence-electron chi connectivity index (χ0n) is 10.1. The lowest BCUT2D eigenvalue weighted by molar-refractivity contribution is -0.155. The molecule has 1 aliphatic rings. The predicted molar refractivity (Wildman–Crippen MR) is 68.4 cm³/mol. The zero-order valence-corrected chi connectivity index (χ0v) is 10.8. The lowest BCUT2D eigenvalue weighted by Gasteiger charge is -2.47. The first-order valence-corrected chi connectivity index (χ1v) is 6.11. The maximum atomic E-state index is 11.7. The minimum Gasteiger partial charge on any atom is -0.465 e. The maximum Gasteiger partial charge on any atom is 0.315 e. The normalized spacial score (nSPS) is 17.5. The van der Waals surface area contributed by atoms with E-state index >= 15 is 0 Å².